The number of aromatic amines is 2. The number of rotatable bonds is 4. The van der Waals surface area contributed by atoms with E-state index in [0.29, 0.717) is 50.9 Å². The van der Waals surface area contributed by atoms with Gasteiger partial charge < -0.3 is 43.0 Å². The number of nitrogens with two attached hydrogens (primary N) is 4. The lowest BCUT2D eigenvalue weighted by atomic mass is 10.0. The van der Waals surface area contributed by atoms with Gasteiger partial charge in [0.15, 0.2) is 0 Å². The number of hydrogen-bond acceptors (Lipinski definition) is 12. The third-order valence-electron chi connectivity index (χ3n) is 5.27. The molecule has 0 aliphatic carbocycles. The molecular weight excluding hydrogens is 404 g/mol. The molecule has 2 fully saturated rings. The van der Waals surface area contributed by atoms with Gasteiger partial charge in [0, 0.05) is 56.5 Å². The average Bonchev–Trinajstić information content (AvgIpc) is 2.68. The fourth-order valence-corrected chi connectivity index (χ4v) is 4.00. The number of aromatic nitrogens is 5. The van der Waals surface area contributed by atoms with Crippen LogP contribution in [0.1, 0.15) is 12.8 Å². The molecule has 0 saturated carbocycles. The Kier molecular flexibility index (Phi) is 5.86. The first-order valence-electron chi connectivity index (χ1n) is 10.1. The third-order valence-corrected chi connectivity index (χ3v) is 5.27. The summed E-state index contributed by atoms with van der Waals surface area (Å²) in [4.78, 5) is 45.3. The predicted molar refractivity (Wildman–Crippen MR) is 116 cm³/mol. The lowest BCUT2D eigenvalue weighted by Crippen LogP contribution is -2.54. The van der Waals surface area contributed by atoms with Crippen molar-refractivity contribution < 1.29 is 0 Å². The Balaban J connectivity index is 1.71. The summed E-state index contributed by atoms with van der Waals surface area (Å²) in [7, 11) is 0. The van der Waals surface area contributed by atoms with Gasteiger partial charge in [-0.1, -0.05) is 0 Å². The minimum Gasteiger partial charge on any atom is -0.338 e. The number of anilines is 4. The first kappa shape index (κ1) is 21.2. The molecule has 4 atom stereocenters. The maximum atomic E-state index is 12.1. The van der Waals surface area contributed by atoms with Crippen molar-refractivity contribution >= 4 is 23.5 Å². The number of hydrogen-bond donors (Lipinski definition) is 7. The van der Waals surface area contributed by atoms with Crippen LogP contribution in [0.15, 0.2) is 15.8 Å². The Morgan fingerprint density at radius 1 is 0.839 bits per heavy atom. The predicted octanol–water partition coefficient (Wildman–Crippen LogP) is -3.28. The van der Waals surface area contributed by atoms with Crippen molar-refractivity contribution in [3.63, 3.8) is 0 Å². The van der Waals surface area contributed by atoms with E-state index in [9.17, 15) is 9.59 Å². The maximum absolute atomic E-state index is 12.1. The zero-order chi connectivity index (χ0) is 22.1. The zero-order valence-corrected chi connectivity index (χ0v) is 17.0. The number of nitrogens with one attached hydrogen (secondary N) is 3. The van der Waals surface area contributed by atoms with Crippen LogP contribution in [0.25, 0.3) is 0 Å². The molecule has 168 valence electrons. The van der Waals surface area contributed by atoms with Crippen molar-refractivity contribution in [2.45, 2.75) is 37.0 Å². The molecule has 2 aliphatic heterocycles. The quantitative estimate of drug-likeness (QED) is 0.252. The molecule has 14 nitrogen and oxygen atoms in total. The highest BCUT2D eigenvalue weighted by atomic mass is 16.2. The van der Waals surface area contributed by atoms with E-state index in [2.05, 4.69) is 30.2 Å². The van der Waals surface area contributed by atoms with Gasteiger partial charge in [-0.05, 0) is 12.8 Å². The van der Waals surface area contributed by atoms with Crippen LogP contribution in [0.5, 0.6) is 0 Å². The Bertz CT molecular complexity index is 974. The minimum atomic E-state index is -0.611. The van der Waals surface area contributed by atoms with Gasteiger partial charge in [0.1, 0.15) is 5.69 Å². The standard InChI is InChI=1S/C17H28N12O2/c18-8-1-9(19)5-28(4-8)15-25-14(23-12-3-22-17(31)24-13(12)30)26-16(27-15)29-6-10(20)2-11(21)7-29/h3,8-11H,1-2,4-7,18-21H2,(H2,22,24,30,31)(H,23,25,26,27). The minimum absolute atomic E-state index is 0.0850. The number of H-pyrrole nitrogens is 2. The van der Waals surface area contributed by atoms with E-state index in [4.69, 9.17) is 22.9 Å². The van der Waals surface area contributed by atoms with Gasteiger partial charge in [0.05, 0.1) is 0 Å². The fourth-order valence-electron chi connectivity index (χ4n) is 4.00. The van der Waals surface area contributed by atoms with Crippen LogP contribution in [0.3, 0.4) is 0 Å². The normalized spacial score (nSPS) is 26.7. The molecule has 2 aliphatic rings. The topological polar surface area (TPSA) is 227 Å². The second-order valence-corrected chi connectivity index (χ2v) is 8.19. The molecule has 4 heterocycles. The van der Waals surface area contributed by atoms with Gasteiger partial charge in [-0.2, -0.15) is 15.0 Å². The highest BCUT2D eigenvalue weighted by Crippen LogP contribution is 2.22. The molecule has 4 rings (SSSR count). The van der Waals surface area contributed by atoms with E-state index in [1.807, 2.05) is 9.80 Å². The second kappa shape index (κ2) is 8.58. The Morgan fingerprint density at radius 3 is 1.77 bits per heavy atom. The molecule has 0 spiro atoms. The third kappa shape index (κ3) is 4.99. The summed E-state index contributed by atoms with van der Waals surface area (Å²) in [6.07, 6.45) is 2.67. The first-order valence-corrected chi connectivity index (χ1v) is 10.1. The van der Waals surface area contributed by atoms with E-state index < -0.39 is 11.2 Å². The van der Waals surface area contributed by atoms with Gasteiger partial charge in [-0.15, -0.1) is 0 Å². The van der Waals surface area contributed by atoms with E-state index in [1.165, 1.54) is 6.20 Å². The Labute approximate surface area is 177 Å². The number of piperidine rings is 2. The molecule has 2 saturated heterocycles. The summed E-state index contributed by atoms with van der Waals surface area (Å²) >= 11 is 0. The molecule has 4 unspecified atom stereocenters. The highest BCUT2D eigenvalue weighted by Gasteiger charge is 2.28. The van der Waals surface area contributed by atoms with Crippen LogP contribution >= 0.6 is 0 Å². The molecule has 0 amide bonds. The summed E-state index contributed by atoms with van der Waals surface area (Å²) in [6.45, 7) is 2.15. The van der Waals surface area contributed by atoms with E-state index in [0.717, 1.165) is 0 Å². The van der Waals surface area contributed by atoms with Gasteiger partial charge in [-0.25, -0.2) is 4.79 Å². The van der Waals surface area contributed by atoms with Crippen molar-refractivity contribution in [1.29, 1.82) is 0 Å². The second-order valence-electron chi connectivity index (χ2n) is 8.19. The van der Waals surface area contributed by atoms with Crippen LogP contribution in [-0.4, -0.2) is 75.3 Å². The summed E-state index contributed by atoms with van der Waals surface area (Å²) in [6, 6.07) is -0.447. The van der Waals surface area contributed by atoms with E-state index in [1.54, 1.807) is 0 Å². The lowest BCUT2D eigenvalue weighted by molar-refractivity contribution is 0.441. The summed E-state index contributed by atoms with van der Waals surface area (Å²) in [5.41, 5.74) is 23.4. The first-order chi connectivity index (χ1) is 14.8. The van der Waals surface area contributed by atoms with Crippen LogP contribution in [0.2, 0.25) is 0 Å². The molecule has 0 bridgehead atoms. The van der Waals surface area contributed by atoms with Gasteiger partial charge in [0.25, 0.3) is 5.56 Å². The van der Waals surface area contributed by atoms with E-state index >= 15 is 0 Å². The molecule has 0 aromatic carbocycles. The van der Waals surface area contributed by atoms with Gasteiger partial charge >= 0.3 is 5.69 Å². The van der Waals surface area contributed by atoms with Gasteiger partial charge in [-0.3, -0.25) is 9.78 Å². The van der Waals surface area contributed by atoms with E-state index in [-0.39, 0.29) is 35.8 Å². The SMILES string of the molecule is NC1CC(N)CN(c2nc(Nc3c[nH]c(=O)[nH]c3=O)nc(N3CC(N)CC(N)C3)n2)C1. The van der Waals surface area contributed by atoms with Crippen molar-refractivity contribution in [2.24, 2.45) is 22.9 Å². The molecule has 31 heavy (non-hydrogen) atoms. The largest absolute Gasteiger partial charge is 0.338 e. The lowest BCUT2D eigenvalue weighted by Gasteiger charge is -2.36. The molecule has 2 aromatic heterocycles. The summed E-state index contributed by atoms with van der Waals surface area (Å²) in [5.74, 6) is 0.899. The Morgan fingerprint density at radius 2 is 1.32 bits per heavy atom. The van der Waals surface area contributed by atoms with Crippen molar-refractivity contribution in [3.8, 4) is 0 Å². The molecule has 14 heteroatoms. The van der Waals surface area contributed by atoms with Crippen molar-refractivity contribution in [2.75, 3.05) is 41.3 Å². The van der Waals surface area contributed by atoms with Crippen LogP contribution in [-0.2, 0) is 0 Å². The zero-order valence-electron chi connectivity index (χ0n) is 17.0. The molecular formula is C17H28N12O2. The molecule has 0 radical (unpaired) electrons. The maximum Gasteiger partial charge on any atom is 0.325 e. The fraction of sp³-hybridized carbons (Fsp3) is 0.588. The average molecular weight is 432 g/mol. The highest BCUT2D eigenvalue weighted by molar-refractivity contribution is 5.54. The van der Waals surface area contributed by atoms with Gasteiger partial charge in [0.2, 0.25) is 17.8 Å². The monoisotopic (exact) mass is 432 g/mol. The molecule has 2 aromatic rings. The van der Waals surface area contributed by atoms with Crippen LogP contribution in [0.4, 0.5) is 23.5 Å². The number of nitrogens with zero attached hydrogens (tertiary/aromatic N) is 5. The van der Waals surface area contributed by atoms with Crippen LogP contribution < -0.4 is 49.3 Å². The summed E-state index contributed by atoms with van der Waals surface area (Å²) < 4.78 is 0. The van der Waals surface area contributed by atoms with Crippen molar-refractivity contribution in [1.82, 2.24) is 24.9 Å². The summed E-state index contributed by atoms with van der Waals surface area (Å²) in [5, 5.41) is 2.85. The smallest absolute Gasteiger partial charge is 0.325 e. The van der Waals surface area contributed by atoms with Crippen LogP contribution in [0, 0.1) is 0 Å². The molecule has 11 N–H and O–H groups in total. The Hall–Kier alpha value is -3.07. The van der Waals surface area contributed by atoms with Crippen molar-refractivity contribution in [3.05, 3.63) is 27.0 Å².